The zero-order valence-electron chi connectivity index (χ0n) is 26.3. The standard InChI is InChI=1S/C31H48N4O9S/c1-34(2)24-14-9-12-22-21(24)11-10-15-27(22)45(42,43)33-23(31(41)32-17-7-4-5-16-28(38)44-3)13-6-8-18-35-19-26(37)30(40)29(39)25(35)20-36/h9-12,14-15,23,25-26,29-30,33,36-37,39-40H,4-8,13,16-20H2,1-3H3,(H,32,41)/t23-,25+,26+,29+,30+/m0/s1. The van der Waals surface area contributed by atoms with Crippen LogP contribution in [0.1, 0.15) is 44.9 Å². The Morgan fingerprint density at radius 3 is 2.40 bits per heavy atom. The van der Waals surface area contributed by atoms with Crippen LogP contribution in [-0.4, -0.2) is 123 Å². The van der Waals surface area contributed by atoms with E-state index in [0.717, 1.165) is 11.1 Å². The van der Waals surface area contributed by atoms with Crippen LogP contribution >= 0.6 is 0 Å². The number of nitrogens with one attached hydrogen (secondary N) is 2. The van der Waals surface area contributed by atoms with Crippen LogP contribution in [0.5, 0.6) is 0 Å². The molecule has 1 heterocycles. The molecule has 2 aromatic carbocycles. The summed E-state index contributed by atoms with van der Waals surface area (Å²) in [4.78, 5) is 28.3. The summed E-state index contributed by atoms with van der Waals surface area (Å²) in [7, 11) is 0.947. The molecule has 252 valence electrons. The molecule has 6 N–H and O–H groups in total. The van der Waals surface area contributed by atoms with Crippen LogP contribution in [0, 0.1) is 0 Å². The molecule has 0 aromatic heterocycles. The third kappa shape index (κ3) is 9.82. The molecule has 2 aromatic rings. The van der Waals surface area contributed by atoms with Gasteiger partial charge in [0, 0.05) is 50.1 Å². The monoisotopic (exact) mass is 652 g/mol. The number of aliphatic hydroxyl groups excluding tert-OH is 4. The Balaban J connectivity index is 1.71. The molecule has 1 amide bonds. The van der Waals surface area contributed by atoms with Crippen LogP contribution in [0.25, 0.3) is 10.8 Å². The van der Waals surface area contributed by atoms with Gasteiger partial charge in [0.05, 0.1) is 30.8 Å². The second-order valence-corrected chi connectivity index (χ2v) is 13.3. The van der Waals surface area contributed by atoms with Crippen LogP contribution < -0.4 is 14.9 Å². The van der Waals surface area contributed by atoms with Crippen LogP contribution in [0.2, 0.25) is 0 Å². The van der Waals surface area contributed by atoms with Crippen molar-refractivity contribution in [2.75, 3.05) is 52.3 Å². The molecule has 1 aliphatic rings. The molecule has 0 unspecified atom stereocenters. The number of piperidine rings is 1. The number of sulfonamides is 1. The highest BCUT2D eigenvalue weighted by Crippen LogP contribution is 2.30. The number of fused-ring (bicyclic) bond motifs is 1. The molecule has 0 saturated carbocycles. The fraction of sp³-hybridized carbons (Fsp3) is 0.613. The molecule has 3 rings (SSSR count). The molecule has 14 heteroatoms. The third-order valence-corrected chi connectivity index (χ3v) is 9.76. The molecule has 13 nitrogen and oxygen atoms in total. The minimum absolute atomic E-state index is 0.0601. The number of unbranched alkanes of at least 4 members (excludes halogenated alkanes) is 3. The quantitative estimate of drug-likeness (QED) is 0.102. The highest BCUT2D eigenvalue weighted by atomic mass is 32.2. The molecular weight excluding hydrogens is 604 g/mol. The summed E-state index contributed by atoms with van der Waals surface area (Å²) in [5, 5.41) is 44.2. The summed E-state index contributed by atoms with van der Waals surface area (Å²) in [6.45, 7) is 0.314. The first kappa shape index (κ1) is 36.6. The van der Waals surface area contributed by atoms with Gasteiger partial charge in [-0.05, 0) is 44.4 Å². The Bertz CT molecular complexity index is 1370. The summed E-state index contributed by atoms with van der Waals surface area (Å²) < 4.78 is 34.8. The number of likely N-dealkylation sites (tertiary alicyclic amines) is 1. The average Bonchev–Trinajstić information content (AvgIpc) is 3.01. The summed E-state index contributed by atoms with van der Waals surface area (Å²) in [5.41, 5.74) is 0.854. The van der Waals surface area contributed by atoms with Gasteiger partial charge in [0.1, 0.15) is 18.2 Å². The first-order valence-electron chi connectivity index (χ1n) is 15.4. The number of aliphatic hydroxyl groups is 4. The number of carbonyl (C=O) groups excluding carboxylic acids is 2. The molecule has 0 aliphatic carbocycles. The van der Waals surface area contributed by atoms with E-state index in [2.05, 4.69) is 14.8 Å². The largest absolute Gasteiger partial charge is 0.469 e. The number of methoxy groups -OCH3 is 1. The second kappa shape index (κ2) is 17.2. The second-order valence-electron chi connectivity index (χ2n) is 11.7. The number of nitrogens with zero attached hydrogens (tertiary/aromatic N) is 2. The van der Waals surface area contributed by atoms with Gasteiger partial charge in [-0.3, -0.25) is 14.5 Å². The van der Waals surface area contributed by atoms with Gasteiger partial charge in [0.15, 0.2) is 0 Å². The van der Waals surface area contributed by atoms with E-state index in [1.807, 2.05) is 31.1 Å². The highest BCUT2D eigenvalue weighted by molar-refractivity contribution is 7.89. The van der Waals surface area contributed by atoms with Gasteiger partial charge in [-0.25, -0.2) is 8.42 Å². The lowest BCUT2D eigenvalue weighted by Crippen LogP contribution is -2.62. The smallest absolute Gasteiger partial charge is 0.305 e. The minimum atomic E-state index is -4.13. The molecule has 45 heavy (non-hydrogen) atoms. The number of rotatable bonds is 17. The van der Waals surface area contributed by atoms with E-state index in [-0.39, 0.29) is 30.3 Å². The van der Waals surface area contributed by atoms with E-state index >= 15 is 0 Å². The number of ether oxygens (including phenoxy) is 1. The number of amides is 1. The zero-order chi connectivity index (χ0) is 33.1. The fourth-order valence-corrected chi connectivity index (χ4v) is 7.14. The summed E-state index contributed by atoms with van der Waals surface area (Å²) in [5.74, 6) is -0.768. The van der Waals surface area contributed by atoms with Gasteiger partial charge >= 0.3 is 5.97 Å². The molecule has 1 saturated heterocycles. The molecule has 1 aliphatic heterocycles. The van der Waals surface area contributed by atoms with Crippen LogP contribution in [-0.2, 0) is 24.3 Å². The molecule has 0 bridgehead atoms. The van der Waals surface area contributed by atoms with Gasteiger partial charge in [-0.15, -0.1) is 0 Å². The lowest BCUT2D eigenvalue weighted by atomic mass is 9.94. The number of anilines is 1. The number of hydrogen-bond acceptors (Lipinski definition) is 11. The minimum Gasteiger partial charge on any atom is -0.469 e. The number of hydrogen-bond donors (Lipinski definition) is 6. The van der Waals surface area contributed by atoms with Crippen molar-refractivity contribution in [2.24, 2.45) is 0 Å². The van der Waals surface area contributed by atoms with E-state index in [0.29, 0.717) is 50.6 Å². The van der Waals surface area contributed by atoms with Gasteiger partial charge in [0.25, 0.3) is 0 Å². The lowest BCUT2D eigenvalue weighted by Gasteiger charge is -2.43. The molecule has 5 atom stereocenters. The normalized spacial score (nSPS) is 21.4. The van der Waals surface area contributed by atoms with Crippen molar-refractivity contribution >= 4 is 38.4 Å². The van der Waals surface area contributed by atoms with Crippen molar-refractivity contribution in [1.29, 1.82) is 0 Å². The maximum Gasteiger partial charge on any atom is 0.305 e. The highest BCUT2D eigenvalue weighted by Gasteiger charge is 2.40. The van der Waals surface area contributed by atoms with E-state index < -0.39 is 52.9 Å². The van der Waals surface area contributed by atoms with Gasteiger partial charge in [-0.2, -0.15) is 4.72 Å². The van der Waals surface area contributed by atoms with Gasteiger partial charge in [-0.1, -0.05) is 37.1 Å². The maximum atomic E-state index is 13.8. The van der Waals surface area contributed by atoms with Crippen molar-refractivity contribution in [3.63, 3.8) is 0 Å². The SMILES string of the molecule is COC(=O)CCCCCNC(=O)[C@H](CCCCN1C[C@@H](O)[C@@H](O)[C@H](O)[C@H]1CO)NS(=O)(=O)c1cccc2c(N(C)C)cccc12. The van der Waals surface area contributed by atoms with E-state index in [1.165, 1.54) is 13.2 Å². The van der Waals surface area contributed by atoms with Crippen LogP contribution in [0.3, 0.4) is 0 Å². The Hall–Kier alpha value is -2.85. The predicted octanol–water partition coefficient (Wildman–Crippen LogP) is 0.332. The lowest BCUT2D eigenvalue weighted by molar-refractivity contribution is -0.145. The average molecular weight is 653 g/mol. The van der Waals surface area contributed by atoms with E-state index in [4.69, 9.17) is 0 Å². The molecule has 0 radical (unpaired) electrons. The third-order valence-electron chi connectivity index (χ3n) is 8.23. The zero-order valence-corrected chi connectivity index (χ0v) is 27.1. The molecule has 1 fully saturated rings. The van der Waals surface area contributed by atoms with Crippen molar-refractivity contribution in [3.8, 4) is 0 Å². The Labute approximate surface area is 265 Å². The van der Waals surface area contributed by atoms with Crippen molar-refractivity contribution in [1.82, 2.24) is 14.9 Å². The van der Waals surface area contributed by atoms with Crippen LogP contribution in [0.4, 0.5) is 5.69 Å². The summed E-state index contributed by atoms with van der Waals surface area (Å²) in [6.07, 6.45) is -0.586. The number of carbonyl (C=O) groups is 2. The number of esters is 1. The Morgan fingerprint density at radius 2 is 1.71 bits per heavy atom. The first-order chi connectivity index (χ1) is 21.4. The number of benzene rings is 2. The number of β-amino-alcohol motifs (C(OH)–C–C–N with tert-alkyl or cyclic N) is 1. The summed E-state index contributed by atoms with van der Waals surface area (Å²) in [6, 6.07) is 8.62. The predicted molar refractivity (Wildman–Crippen MR) is 170 cm³/mol. The van der Waals surface area contributed by atoms with Gasteiger partial charge < -0.3 is 35.4 Å². The van der Waals surface area contributed by atoms with Crippen LogP contribution in [0.15, 0.2) is 41.3 Å². The van der Waals surface area contributed by atoms with Crippen molar-refractivity contribution < 1.29 is 43.2 Å². The Morgan fingerprint density at radius 1 is 1.00 bits per heavy atom. The van der Waals surface area contributed by atoms with E-state index in [9.17, 15) is 38.4 Å². The van der Waals surface area contributed by atoms with Crippen molar-refractivity contribution in [2.45, 2.75) is 80.2 Å². The van der Waals surface area contributed by atoms with E-state index in [1.54, 1.807) is 23.1 Å². The fourth-order valence-electron chi connectivity index (χ4n) is 5.69. The Kier molecular flexibility index (Phi) is 14.0. The van der Waals surface area contributed by atoms with Crippen molar-refractivity contribution in [3.05, 3.63) is 36.4 Å². The molecular formula is C31H48N4O9S. The maximum absolute atomic E-state index is 13.8. The first-order valence-corrected chi connectivity index (χ1v) is 16.8. The van der Waals surface area contributed by atoms with Gasteiger partial charge in [0.2, 0.25) is 15.9 Å². The molecule has 0 spiro atoms. The summed E-state index contributed by atoms with van der Waals surface area (Å²) >= 11 is 0. The topological polar surface area (TPSA) is 189 Å².